The number of carbonyl (C=O) groups excluding carboxylic acids is 1. The average molecular weight is 300 g/mol. The second kappa shape index (κ2) is 6.65. The van der Waals surface area contributed by atoms with Gasteiger partial charge in [0.15, 0.2) is 0 Å². The number of nitrogens with zero attached hydrogens (tertiary/aromatic N) is 3. The highest BCUT2D eigenvalue weighted by molar-refractivity contribution is 6.32. The van der Waals surface area contributed by atoms with E-state index < -0.39 is 4.92 Å². The maximum absolute atomic E-state index is 12.3. The first-order valence-corrected chi connectivity index (χ1v) is 6.69. The number of amides is 1. The van der Waals surface area contributed by atoms with E-state index in [0.717, 1.165) is 18.7 Å². The van der Waals surface area contributed by atoms with E-state index in [9.17, 15) is 14.9 Å². The highest BCUT2D eigenvalue weighted by Crippen LogP contribution is 2.22. The fourth-order valence-corrected chi connectivity index (χ4v) is 2.10. The van der Waals surface area contributed by atoms with Crippen molar-refractivity contribution in [2.75, 3.05) is 7.05 Å². The minimum absolute atomic E-state index is 0.0119. The van der Waals surface area contributed by atoms with E-state index in [2.05, 4.69) is 18.8 Å². The van der Waals surface area contributed by atoms with Crippen LogP contribution in [0.5, 0.6) is 0 Å². The molecule has 0 radical (unpaired) electrons. The van der Waals surface area contributed by atoms with Gasteiger partial charge in [0.1, 0.15) is 11.3 Å². The minimum Gasteiger partial charge on any atom is -0.339 e. The van der Waals surface area contributed by atoms with Gasteiger partial charge in [-0.1, -0.05) is 25.4 Å². The third kappa shape index (κ3) is 3.90. The van der Waals surface area contributed by atoms with E-state index in [1.54, 1.807) is 7.05 Å². The van der Waals surface area contributed by atoms with Crippen molar-refractivity contribution in [1.29, 1.82) is 0 Å². The zero-order valence-electron chi connectivity index (χ0n) is 12.0. The van der Waals surface area contributed by atoms with Crippen molar-refractivity contribution in [3.63, 3.8) is 0 Å². The summed E-state index contributed by atoms with van der Waals surface area (Å²) in [6.07, 6.45) is 1.87. The fraction of sp³-hybridized carbons (Fsp3) is 0.538. The Morgan fingerprint density at radius 3 is 2.60 bits per heavy atom. The molecule has 0 spiro atoms. The van der Waals surface area contributed by atoms with Crippen molar-refractivity contribution in [3.8, 4) is 0 Å². The Balaban J connectivity index is 3.02. The summed E-state index contributed by atoms with van der Waals surface area (Å²) in [7, 11) is 1.66. The molecule has 1 amide bonds. The molecule has 110 valence electrons. The smallest absolute Gasteiger partial charge is 0.288 e. The monoisotopic (exact) mass is 299 g/mol. The Hall–Kier alpha value is -1.69. The third-order valence-electron chi connectivity index (χ3n) is 3.06. The molecule has 0 saturated carbocycles. The topological polar surface area (TPSA) is 76.3 Å². The highest BCUT2D eigenvalue weighted by Gasteiger charge is 2.23. The highest BCUT2D eigenvalue weighted by atomic mass is 35.5. The van der Waals surface area contributed by atoms with E-state index in [0.29, 0.717) is 5.92 Å². The molecule has 0 N–H and O–H groups in total. The molecule has 0 aromatic carbocycles. The van der Waals surface area contributed by atoms with Gasteiger partial charge in [0.05, 0.1) is 10.5 Å². The van der Waals surface area contributed by atoms with Crippen molar-refractivity contribution in [1.82, 2.24) is 9.88 Å². The number of halogens is 1. The lowest BCUT2D eigenvalue weighted by Gasteiger charge is -2.26. The average Bonchev–Trinajstić information content (AvgIpc) is 2.36. The Labute approximate surface area is 122 Å². The van der Waals surface area contributed by atoms with Gasteiger partial charge in [-0.3, -0.25) is 14.9 Å². The van der Waals surface area contributed by atoms with Crippen LogP contribution in [0, 0.1) is 16.0 Å². The van der Waals surface area contributed by atoms with Crippen molar-refractivity contribution < 1.29 is 9.72 Å². The molecule has 1 aromatic rings. The summed E-state index contributed by atoms with van der Waals surface area (Å²) in [5.74, 6) is 0.0818. The molecule has 1 unspecified atom stereocenters. The zero-order chi connectivity index (χ0) is 15.4. The number of pyridine rings is 1. The molecule has 0 saturated heterocycles. The van der Waals surface area contributed by atoms with E-state index in [-0.39, 0.29) is 28.4 Å². The molecule has 0 bridgehead atoms. The first-order valence-electron chi connectivity index (χ1n) is 6.31. The Bertz CT molecular complexity index is 520. The van der Waals surface area contributed by atoms with E-state index in [1.165, 1.54) is 4.90 Å². The number of hydrogen-bond donors (Lipinski definition) is 0. The lowest BCUT2D eigenvalue weighted by molar-refractivity contribution is -0.385. The van der Waals surface area contributed by atoms with E-state index in [4.69, 9.17) is 11.6 Å². The molecule has 20 heavy (non-hydrogen) atoms. The Morgan fingerprint density at radius 2 is 2.10 bits per heavy atom. The molecular weight excluding hydrogens is 282 g/mol. The fourth-order valence-electron chi connectivity index (χ4n) is 1.92. The summed E-state index contributed by atoms with van der Waals surface area (Å²) in [6, 6.07) is 1.17. The number of nitro groups is 1. The quantitative estimate of drug-likeness (QED) is 0.475. The third-order valence-corrected chi connectivity index (χ3v) is 3.36. The van der Waals surface area contributed by atoms with Gasteiger partial charge in [-0.25, -0.2) is 4.98 Å². The molecule has 1 heterocycles. The van der Waals surface area contributed by atoms with E-state index >= 15 is 0 Å². The zero-order valence-corrected chi connectivity index (χ0v) is 12.7. The SMILES string of the molecule is CC(C)CC(C)N(C)C(=O)c1cc([N+](=O)[O-])cnc1Cl. The van der Waals surface area contributed by atoms with Crippen molar-refractivity contribution in [2.45, 2.75) is 33.2 Å². The molecule has 1 aromatic heterocycles. The van der Waals surface area contributed by atoms with Crippen LogP contribution in [0.1, 0.15) is 37.6 Å². The molecule has 1 rings (SSSR count). The molecule has 0 aliphatic heterocycles. The summed E-state index contributed by atoms with van der Waals surface area (Å²) in [6.45, 7) is 6.06. The first kappa shape index (κ1) is 16.4. The molecule has 7 heteroatoms. The summed E-state index contributed by atoms with van der Waals surface area (Å²) in [4.78, 5) is 27.7. The van der Waals surface area contributed by atoms with Crippen LogP contribution < -0.4 is 0 Å². The second-order valence-corrected chi connectivity index (χ2v) is 5.54. The lowest BCUT2D eigenvalue weighted by atomic mass is 10.0. The van der Waals surface area contributed by atoms with Gasteiger partial charge >= 0.3 is 0 Å². The largest absolute Gasteiger partial charge is 0.339 e. The summed E-state index contributed by atoms with van der Waals surface area (Å²) >= 11 is 5.87. The van der Waals surface area contributed by atoms with Crippen LogP contribution in [0.15, 0.2) is 12.3 Å². The number of aromatic nitrogens is 1. The van der Waals surface area contributed by atoms with Crippen LogP contribution >= 0.6 is 11.6 Å². The van der Waals surface area contributed by atoms with Crippen LogP contribution in [0.2, 0.25) is 5.15 Å². The van der Waals surface area contributed by atoms with Gasteiger partial charge < -0.3 is 4.90 Å². The lowest BCUT2D eigenvalue weighted by Crippen LogP contribution is -2.36. The summed E-state index contributed by atoms with van der Waals surface area (Å²) in [5, 5.41) is 10.7. The molecular formula is C13H18ClN3O3. The normalized spacial score (nSPS) is 12.3. The molecule has 0 fully saturated rings. The number of carbonyl (C=O) groups is 1. The molecule has 1 atom stereocenters. The number of hydrogen-bond acceptors (Lipinski definition) is 4. The summed E-state index contributed by atoms with van der Waals surface area (Å²) in [5.41, 5.74) is -0.193. The van der Waals surface area contributed by atoms with Gasteiger partial charge in [-0.15, -0.1) is 0 Å². The van der Waals surface area contributed by atoms with Crippen LogP contribution in [0.4, 0.5) is 5.69 Å². The Morgan fingerprint density at radius 1 is 1.50 bits per heavy atom. The van der Waals surface area contributed by atoms with Crippen LogP contribution in [-0.2, 0) is 0 Å². The first-order chi connectivity index (χ1) is 9.23. The minimum atomic E-state index is -0.600. The predicted molar refractivity (Wildman–Crippen MR) is 76.9 cm³/mol. The molecule has 6 nitrogen and oxygen atoms in total. The summed E-state index contributed by atoms with van der Waals surface area (Å²) < 4.78 is 0. The maximum atomic E-state index is 12.3. The van der Waals surface area contributed by atoms with Crippen LogP contribution in [0.3, 0.4) is 0 Å². The van der Waals surface area contributed by atoms with Crippen molar-refractivity contribution >= 4 is 23.2 Å². The van der Waals surface area contributed by atoms with Crippen LogP contribution in [0.25, 0.3) is 0 Å². The molecule has 0 aliphatic rings. The van der Waals surface area contributed by atoms with Gasteiger partial charge in [0.2, 0.25) is 0 Å². The van der Waals surface area contributed by atoms with Crippen LogP contribution in [-0.4, -0.2) is 33.8 Å². The second-order valence-electron chi connectivity index (χ2n) is 5.18. The van der Waals surface area contributed by atoms with Gasteiger partial charge in [-0.05, 0) is 19.3 Å². The van der Waals surface area contributed by atoms with Crippen molar-refractivity contribution in [2.24, 2.45) is 5.92 Å². The van der Waals surface area contributed by atoms with Gasteiger partial charge in [0, 0.05) is 19.2 Å². The predicted octanol–water partition coefficient (Wildman–Crippen LogP) is 3.15. The number of rotatable bonds is 5. The van der Waals surface area contributed by atoms with Gasteiger partial charge in [0.25, 0.3) is 11.6 Å². The van der Waals surface area contributed by atoms with E-state index in [1.807, 2.05) is 6.92 Å². The van der Waals surface area contributed by atoms with Crippen molar-refractivity contribution in [3.05, 3.63) is 33.1 Å². The molecule has 0 aliphatic carbocycles. The Kier molecular flexibility index (Phi) is 5.44. The maximum Gasteiger partial charge on any atom is 0.288 e. The standard InChI is InChI=1S/C13H18ClN3O3/c1-8(2)5-9(3)16(4)13(18)11-6-10(17(19)20)7-15-12(11)14/h6-9H,5H2,1-4H3. The van der Waals surface area contributed by atoms with Gasteiger partial charge in [-0.2, -0.15) is 0 Å².